The third-order valence-corrected chi connectivity index (χ3v) is 4.11. The highest BCUT2D eigenvalue weighted by Crippen LogP contribution is 2.26. The lowest BCUT2D eigenvalue weighted by Crippen LogP contribution is -2.55. The van der Waals surface area contributed by atoms with Crippen molar-refractivity contribution in [1.82, 2.24) is 9.80 Å². The fourth-order valence-corrected chi connectivity index (χ4v) is 2.53. The van der Waals surface area contributed by atoms with Gasteiger partial charge in [-0.15, -0.1) is 0 Å². The summed E-state index contributed by atoms with van der Waals surface area (Å²) in [7, 11) is 1.51. The number of para-hydroxylation sites is 2. The Morgan fingerprint density at radius 3 is 2.29 bits per heavy atom. The molecule has 0 spiro atoms. The van der Waals surface area contributed by atoms with Gasteiger partial charge in [-0.2, -0.15) is 13.2 Å². The number of methoxy groups -OCH3 is 1. The topological polar surface area (TPSA) is 42.0 Å². The molecule has 0 aliphatic carbocycles. The summed E-state index contributed by atoms with van der Waals surface area (Å²) in [6.07, 6.45) is -4.25. The van der Waals surface area contributed by atoms with Gasteiger partial charge in [0.25, 0.3) is 5.91 Å². The first-order chi connectivity index (χ1) is 11.3. The van der Waals surface area contributed by atoms with E-state index in [0.29, 0.717) is 11.5 Å². The van der Waals surface area contributed by atoms with Crippen molar-refractivity contribution in [3.63, 3.8) is 0 Å². The van der Waals surface area contributed by atoms with E-state index in [1.165, 1.54) is 16.9 Å². The summed E-state index contributed by atoms with van der Waals surface area (Å²) in [4.78, 5) is 15.0. The van der Waals surface area contributed by atoms with E-state index in [1.54, 1.807) is 24.3 Å². The summed E-state index contributed by atoms with van der Waals surface area (Å²) in [5.74, 6) is 0.729. The monoisotopic (exact) mass is 346 g/mol. The van der Waals surface area contributed by atoms with Crippen LogP contribution in [0.1, 0.15) is 6.92 Å². The Labute approximate surface area is 138 Å². The highest BCUT2D eigenvalue weighted by Gasteiger charge is 2.41. The largest absolute Gasteiger partial charge is 0.493 e. The molecule has 0 radical (unpaired) electrons. The van der Waals surface area contributed by atoms with Crippen LogP contribution in [0.4, 0.5) is 13.2 Å². The average molecular weight is 346 g/mol. The molecule has 1 aliphatic rings. The first-order valence-electron chi connectivity index (χ1n) is 7.67. The van der Waals surface area contributed by atoms with E-state index in [9.17, 15) is 18.0 Å². The molecule has 8 heteroatoms. The number of ether oxygens (including phenoxy) is 2. The van der Waals surface area contributed by atoms with Gasteiger partial charge in [0.15, 0.2) is 18.1 Å². The van der Waals surface area contributed by atoms with Gasteiger partial charge in [-0.05, 0) is 19.1 Å². The molecule has 0 unspecified atom stereocenters. The summed E-state index contributed by atoms with van der Waals surface area (Å²) in [6.45, 7) is 1.88. The van der Waals surface area contributed by atoms with Crippen molar-refractivity contribution in [2.75, 3.05) is 39.9 Å². The Morgan fingerprint density at radius 2 is 1.75 bits per heavy atom. The van der Waals surface area contributed by atoms with Crippen LogP contribution >= 0.6 is 0 Å². The molecule has 1 atom stereocenters. The van der Waals surface area contributed by atoms with Crippen molar-refractivity contribution < 1.29 is 27.4 Å². The number of alkyl halides is 3. The van der Waals surface area contributed by atoms with Gasteiger partial charge in [0.05, 0.1) is 7.11 Å². The lowest BCUT2D eigenvalue weighted by atomic mass is 10.2. The van der Waals surface area contributed by atoms with E-state index < -0.39 is 12.2 Å². The molecule has 1 fully saturated rings. The Balaban J connectivity index is 1.83. The van der Waals surface area contributed by atoms with Crippen LogP contribution in [0.25, 0.3) is 0 Å². The van der Waals surface area contributed by atoms with Gasteiger partial charge in [-0.1, -0.05) is 12.1 Å². The molecule has 0 aromatic heterocycles. The zero-order valence-corrected chi connectivity index (χ0v) is 13.7. The van der Waals surface area contributed by atoms with Crippen LogP contribution < -0.4 is 9.47 Å². The molecule has 5 nitrogen and oxygen atoms in total. The smallest absolute Gasteiger partial charge is 0.403 e. The van der Waals surface area contributed by atoms with Crippen molar-refractivity contribution in [1.29, 1.82) is 0 Å². The molecule has 1 aromatic carbocycles. The van der Waals surface area contributed by atoms with Gasteiger partial charge in [0, 0.05) is 26.2 Å². The van der Waals surface area contributed by atoms with E-state index in [1.807, 2.05) is 0 Å². The number of nitrogens with zero attached hydrogens (tertiary/aromatic N) is 2. The molecule has 2 rings (SSSR count). The molecule has 0 N–H and O–H groups in total. The molecule has 134 valence electrons. The zero-order chi connectivity index (χ0) is 17.7. The molecule has 1 amide bonds. The van der Waals surface area contributed by atoms with E-state index in [0.717, 1.165) is 6.92 Å². The van der Waals surface area contributed by atoms with Gasteiger partial charge < -0.3 is 14.4 Å². The number of piperazine rings is 1. The van der Waals surface area contributed by atoms with Crippen molar-refractivity contribution in [3.05, 3.63) is 24.3 Å². The van der Waals surface area contributed by atoms with Gasteiger partial charge in [-0.3, -0.25) is 9.69 Å². The lowest BCUT2D eigenvalue weighted by molar-refractivity contribution is -0.183. The van der Waals surface area contributed by atoms with E-state index >= 15 is 0 Å². The van der Waals surface area contributed by atoms with Crippen LogP contribution in [0.2, 0.25) is 0 Å². The second-order valence-electron chi connectivity index (χ2n) is 5.57. The summed E-state index contributed by atoms with van der Waals surface area (Å²) in [5.41, 5.74) is 0. The minimum Gasteiger partial charge on any atom is -0.493 e. The Kier molecular flexibility index (Phi) is 5.93. The number of halogens is 3. The van der Waals surface area contributed by atoms with Gasteiger partial charge in [0.2, 0.25) is 0 Å². The fourth-order valence-electron chi connectivity index (χ4n) is 2.53. The van der Waals surface area contributed by atoms with Crippen LogP contribution in [0.15, 0.2) is 24.3 Å². The number of amides is 1. The average Bonchev–Trinajstić information content (AvgIpc) is 2.58. The third-order valence-electron chi connectivity index (χ3n) is 4.11. The summed E-state index contributed by atoms with van der Waals surface area (Å²) in [6, 6.07) is 5.46. The number of benzene rings is 1. The second-order valence-corrected chi connectivity index (χ2v) is 5.57. The summed E-state index contributed by atoms with van der Waals surface area (Å²) in [5, 5.41) is 0. The minimum absolute atomic E-state index is 0.171. The number of carbonyl (C=O) groups excluding carboxylic acids is 1. The van der Waals surface area contributed by atoms with Crippen LogP contribution in [0.5, 0.6) is 11.5 Å². The van der Waals surface area contributed by atoms with E-state index in [-0.39, 0.29) is 38.7 Å². The molecule has 0 saturated carbocycles. The molecular formula is C16H21F3N2O3. The highest BCUT2D eigenvalue weighted by atomic mass is 19.4. The quantitative estimate of drug-likeness (QED) is 0.820. The number of rotatable bonds is 5. The van der Waals surface area contributed by atoms with Crippen molar-refractivity contribution >= 4 is 5.91 Å². The predicted molar refractivity (Wildman–Crippen MR) is 82.2 cm³/mol. The molecule has 1 saturated heterocycles. The van der Waals surface area contributed by atoms with Crippen LogP contribution in [-0.2, 0) is 4.79 Å². The van der Waals surface area contributed by atoms with Gasteiger partial charge in [0.1, 0.15) is 6.04 Å². The standard InChI is InChI=1S/C16H21F3N2O3/c1-12(16(17,18)19)20-7-9-21(10-8-20)15(22)11-24-14-6-4-3-5-13(14)23-2/h3-6,12H,7-11H2,1-2H3/t12-/m0/s1. The van der Waals surface area contributed by atoms with Crippen molar-refractivity contribution in [2.24, 2.45) is 0 Å². The summed E-state index contributed by atoms with van der Waals surface area (Å²) >= 11 is 0. The van der Waals surface area contributed by atoms with Crippen LogP contribution in [0, 0.1) is 0 Å². The van der Waals surface area contributed by atoms with Crippen LogP contribution in [-0.4, -0.2) is 67.8 Å². The molecule has 24 heavy (non-hydrogen) atoms. The molecule has 0 bridgehead atoms. The SMILES string of the molecule is COc1ccccc1OCC(=O)N1CCN([C@@H](C)C(F)(F)F)CC1. The minimum atomic E-state index is -4.25. The molecule has 1 heterocycles. The van der Waals surface area contributed by atoms with Crippen molar-refractivity contribution in [2.45, 2.75) is 19.1 Å². The molecule has 1 aromatic rings. The number of hydrogen-bond donors (Lipinski definition) is 0. The predicted octanol–water partition coefficient (Wildman–Crippen LogP) is 2.17. The maximum absolute atomic E-state index is 12.7. The van der Waals surface area contributed by atoms with Gasteiger partial charge >= 0.3 is 6.18 Å². The zero-order valence-electron chi connectivity index (χ0n) is 13.7. The Morgan fingerprint density at radius 1 is 1.17 bits per heavy atom. The maximum atomic E-state index is 12.7. The highest BCUT2D eigenvalue weighted by molar-refractivity contribution is 5.78. The summed E-state index contributed by atoms with van der Waals surface area (Å²) < 4.78 is 48.7. The Hall–Kier alpha value is -1.96. The first-order valence-corrected chi connectivity index (χ1v) is 7.67. The number of carbonyl (C=O) groups is 1. The van der Waals surface area contributed by atoms with Crippen molar-refractivity contribution in [3.8, 4) is 11.5 Å². The molecular weight excluding hydrogens is 325 g/mol. The molecule has 1 aliphatic heterocycles. The van der Waals surface area contributed by atoms with E-state index in [4.69, 9.17) is 9.47 Å². The maximum Gasteiger partial charge on any atom is 0.403 e. The number of hydrogen-bond acceptors (Lipinski definition) is 4. The third kappa shape index (κ3) is 4.53. The van der Waals surface area contributed by atoms with Gasteiger partial charge in [-0.25, -0.2) is 0 Å². The Bertz CT molecular complexity index is 558. The first kappa shape index (κ1) is 18.4. The fraction of sp³-hybridized carbons (Fsp3) is 0.562. The van der Waals surface area contributed by atoms with Crippen LogP contribution in [0.3, 0.4) is 0 Å². The lowest BCUT2D eigenvalue weighted by Gasteiger charge is -2.38. The second kappa shape index (κ2) is 7.74. The normalized spacial score (nSPS) is 17.5. The van der Waals surface area contributed by atoms with E-state index in [2.05, 4.69) is 0 Å².